The smallest absolute Gasteiger partial charge is 0.181 e. The minimum atomic E-state index is 0.0859. The normalized spacial score (nSPS) is 15.6. The van der Waals surface area contributed by atoms with Crippen LogP contribution in [0.15, 0.2) is 90.4 Å². The summed E-state index contributed by atoms with van der Waals surface area (Å²) in [6, 6.07) is 27.2. The Morgan fingerprint density at radius 2 is 1.59 bits per heavy atom. The molecule has 0 amide bonds. The molecule has 1 N–H and O–H groups in total. The molecule has 1 atom stereocenters. The van der Waals surface area contributed by atoms with E-state index < -0.39 is 0 Å². The number of aromatic nitrogens is 3. The second-order valence-electron chi connectivity index (χ2n) is 9.52. The zero-order valence-electron chi connectivity index (χ0n) is 20.9. The minimum absolute atomic E-state index is 0.0859. The van der Waals surface area contributed by atoms with Crippen molar-refractivity contribution in [1.82, 2.24) is 24.8 Å². The molecule has 37 heavy (non-hydrogen) atoms. The molecule has 0 bridgehead atoms. The zero-order chi connectivity index (χ0) is 25.0. The third kappa shape index (κ3) is 5.25. The van der Waals surface area contributed by atoms with Crippen LogP contribution >= 0.6 is 11.3 Å². The Bertz CT molecular complexity index is 1450. The second-order valence-corrected chi connectivity index (χ2v) is 10.4. The molecule has 5 aromatic rings. The van der Waals surface area contributed by atoms with Crippen LogP contribution < -0.4 is 5.32 Å². The molecule has 0 spiro atoms. The Hall–Kier alpha value is -3.65. The summed E-state index contributed by atoms with van der Waals surface area (Å²) >= 11 is 1.66. The van der Waals surface area contributed by atoms with Crippen molar-refractivity contribution >= 4 is 27.4 Å². The number of piperazine rings is 1. The average Bonchev–Trinajstić information content (AvgIpc) is 3.40. The molecule has 0 saturated carbocycles. The van der Waals surface area contributed by atoms with Crippen molar-refractivity contribution in [2.24, 2.45) is 0 Å². The van der Waals surface area contributed by atoms with E-state index in [1.165, 1.54) is 11.1 Å². The van der Waals surface area contributed by atoms with Gasteiger partial charge in [-0.05, 0) is 30.3 Å². The summed E-state index contributed by atoms with van der Waals surface area (Å²) in [6.07, 6.45) is 1.79. The first-order valence-corrected chi connectivity index (χ1v) is 13.6. The van der Waals surface area contributed by atoms with Gasteiger partial charge in [0.25, 0.3) is 0 Å². The van der Waals surface area contributed by atoms with Crippen LogP contribution in [-0.4, -0.2) is 64.5 Å². The van der Waals surface area contributed by atoms with E-state index in [4.69, 9.17) is 9.97 Å². The van der Waals surface area contributed by atoms with Crippen LogP contribution in [0.4, 0.5) is 5.82 Å². The number of benzene rings is 2. The van der Waals surface area contributed by atoms with Crippen LogP contribution in [0, 0.1) is 0 Å². The van der Waals surface area contributed by atoms with Crippen LogP contribution in [0.3, 0.4) is 0 Å². The van der Waals surface area contributed by atoms with Crippen molar-refractivity contribution < 1.29 is 0 Å². The lowest BCUT2D eigenvalue weighted by molar-refractivity contribution is 0.149. The molecule has 1 fully saturated rings. The maximum Gasteiger partial charge on any atom is 0.181 e. The number of hydrogen-bond acceptors (Lipinski definition) is 7. The number of nitrogens with zero attached hydrogens (tertiary/aromatic N) is 5. The fourth-order valence-electron chi connectivity index (χ4n) is 4.86. The quantitative estimate of drug-likeness (QED) is 0.300. The van der Waals surface area contributed by atoms with Crippen LogP contribution in [0.5, 0.6) is 0 Å². The highest BCUT2D eigenvalue weighted by atomic mass is 32.1. The fourth-order valence-corrected chi connectivity index (χ4v) is 5.81. The summed E-state index contributed by atoms with van der Waals surface area (Å²) in [6.45, 7) is 5.21. The number of anilines is 1. The molecule has 1 aliphatic rings. The number of rotatable bonds is 7. The number of pyridine rings is 1. The standard InChI is InChI=1S/C30H30N6S/c1-35-16-18-36(19-17-35)20-26(23-12-6-3-7-13-23)32-29-27-24(22-10-4-2-5-11-22)21-37-30(27)34-28(33-29)25-14-8-9-15-31-25/h2-15,21,26H,16-20H2,1H3,(H,32,33,34). The van der Waals surface area contributed by atoms with Crippen LogP contribution in [-0.2, 0) is 0 Å². The number of thiophene rings is 1. The third-order valence-corrected chi connectivity index (χ3v) is 7.83. The Labute approximate surface area is 221 Å². The van der Waals surface area contributed by atoms with Gasteiger partial charge in [-0.25, -0.2) is 9.97 Å². The van der Waals surface area contributed by atoms with Gasteiger partial charge in [0, 0.05) is 49.9 Å². The van der Waals surface area contributed by atoms with E-state index in [1.54, 1.807) is 17.5 Å². The van der Waals surface area contributed by atoms with Crippen molar-refractivity contribution in [3.05, 3.63) is 96.0 Å². The topological polar surface area (TPSA) is 57.2 Å². The number of likely N-dealkylation sites (N-methyl/N-ethyl adjacent to an activating group) is 1. The van der Waals surface area contributed by atoms with E-state index in [-0.39, 0.29) is 6.04 Å². The Kier molecular flexibility index (Phi) is 6.90. The minimum Gasteiger partial charge on any atom is -0.361 e. The van der Waals surface area contributed by atoms with Gasteiger partial charge >= 0.3 is 0 Å². The van der Waals surface area contributed by atoms with Gasteiger partial charge in [0.15, 0.2) is 5.82 Å². The molecule has 6 rings (SSSR count). The Morgan fingerprint density at radius 1 is 0.865 bits per heavy atom. The lowest BCUT2D eigenvalue weighted by Crippen LogP contribution is -2.46. The van der Waals surface area contributed by atoms with Gasteiger partial charge in [-0.2, -0.15) is 0 Å². The molecule has 1 aliphatic heterocycles. The van der Waals surface area contributed by atoms with E-state index >= 15 is 0 Å². The van der Waals surface area contributed by atoms with Gasteiger partial charge in [0.05, 0.1) is 11.4 Å². The third-order valence-electron chi connectivity index (χ3n) is 6.96. The van der Waals surface area contributed by atoms with Gasteiger partial charge in [0.1, 0.15) is 16.3 Å². The molecule has 0 aliphatic carbocycles. The summed E-state index contributed by atoms with van der Waals surface area (Å²) in [5, 5.41) is 7.14. The van der Waals surface area contributed by atoms with Gasteiger partial charge in [0.2, 0.25) is 0 Å². The summed E-state index contributed by atoms with van der Waals surface area (Å²) < 4.78 is 0. The van der Waals surface area contributed by atoms with Crippen LogP contribution in [0.2, 0.25) is 0 Å². The first-order chi connectivity index (χ1) is 18.2. The summed E-state index contributed by atoms with van der Waals surface area (Å²) in [7, 11) is 2.20. The number of fused-ring (bicyclic) bond motifs is 1. The Balaban J connectivity index is 1.45. The van der Waals surface area contributed by atoms with E-state index in [9.17, 15) is 0 Å². The SMILES string of the molecule is CN1CCN(CC(Nc2nc(-c3ccccn3)nc3scc(-c4ccccc4)c23)c2ccccc2)CC1. The average molecular weight is 507 g/mol. The Morgan fingerprint density at radius 3 is 2.32 bits per heavy atom. The zero-order valence-corrected chi connectivity index (χ0v) is 21.7. The largest absolute Gasteiger partial charge is 0.361 e. The molecule has 0 radical (unpaired) electrons. The molecule has 1 saturated heterocycles. The maximum absolute atomic E-state index is 5.10. The molecule has 186 valence electrons. The molecule has 6 nitrogen and oxygen atoms in total. The van der Waals surface area contributed by atoms with Gasteiger partial charge in [-0.15, -0.1) is 11.3 Å². The van der Waals surface area contributed by atoms with Crippen molar-refractivity contribution in [2.45, 2.75) is 6.04 Å². The predicted molar refractivity (Wildman–Crippen MR) is 153 cm³/mol. The van der Waals surface area contributed by atoms with Crippen molar-refractivity contribution in [2.75, 3.05) is 45.1 Å². The molecular formula is C30H30N6S. The number of hydrogen-bond donors (Lipinski definition) is 1. The van der Waals surface area contributed by atoms with Crippen LogP contribution in [0.1, 0.15) is 11.6 Å². The van der Waals surface area contributed by atoms with E-state index in [2.05, 4.69) is 87.1 Å². The predicted octanol–water partition coefficient (Wildman–Crippen LogP) is 5.82. The van der Waals surface area contributed by atoms with Gasteiger partial charge in [-0.3, -0.25) is 9.88 Å². The first-order valence-electron chi connectivity index (χ1n) is 12.7. The molecule has 2 aromatic carbocycles. The number of nitrogens with one attached hydrogen (secondary N) is 1. The highest BCUT2D eigenvalue weighted by molar-refractivity contribution is 7.17. The van der Waals surface area contributed by atoms with Crippen molar-refractivity contribution in [1.29, 1.82) is 0 Å². The molecular weight excluding hydrogens is 476 g/mol. The van der Waals surface area contributed by atoms with Crippen molar-refractivity contribution in [3.8, 4) is 22.6 Å². The molecule has 7 heteroatoms. The van der Waals surface area contributed by atoms with E-state index in [0.29, 0.717) is 5.82 Å². The van der Waals surface area contributed by atoms with E-state index in [1.807, 2.05) is 24.3 Å². The highest BCUT2D eigenvalue weighted by Gasteiger charge is 2.23. The lowest BCUT2D eigenvalue weighted by atomic mass is 10.0. The fraction of sp³-hybridized carbons (Fsp3) is 0.233. The van der Waals surface area contributed by atoms with Crippen LogP contribution in [0.25, 0.3) is 32.9 Å². The first kappa shape index (κ1) is 23.7. The lowest BCUT2D eigenvalue weighted by Gasteiger charge is -2.35. The summed E-state index contributed by atoms with van der Waals surface area (Å²) in [5.41, 5.74) is 4.35. The van der Waals surface area contributed by atoms with Gasteiger partial charge in [-0.1, -0.05) is 66.7 Å². The molecule has 4 heterocycles. The second kappa shape index (κ2) is 10.8. The van der Waals surface area contributed by atoms with E-state index in [0.717, 1.165) is 60.0 Å². The summed E-state index contributed by atoms with van der Waals surface area (Å²) in [5.74, 6) is 1.50. The van der Waals surface area contributed by atoms with Gasteiger partial charge < -0.3 is 10.2 Å². The maximum atomic E-state index is 5.10. The molecule has 3 aromatic heterocycles. The molecule has 1 unspecified atom stereocenters. The summed E-state index contributed by atoms with van der Waals surface area (Å²) in [4.78, 5) is 20.5. The highest BCUT2D eigenvalue weighted by Crippen LogP contribution is 2.39. The monoisotopic (exact) mass is 506 g/mol. The van der Waals surface area contributed by atoms with Crippen molar-refractivity contribution in [3.63, 3.8) is 0 Å².